The normalized spacial score (nSPS) is 11.5. The van der Waals surface area contributed by atoms with Gasteiger partial charge in [-0.2, -0.15) is 0 Å². The molecule has 0 saturated carbocycles. The lowest BCUT2D eigenvalue weighted by Gasteiger charge is -2.12. The first-order valence-corrected chi connectivity index (χ1v) is 20.9. The summed E-state index contributed by atoms with van der Waals surface area (Å²) in [6.45, 7) is 0. The number of hydrogen-bond acceptors (Lipinski definition) is 3. The van der Waals surface area contributed by atoms with E-state index >= 15 is 0 Å². The van der Waals surface area contributed by atoms with Gasteiger partial charge in [-0.1, -0.05) is 170 Å². The van der Waals surface area contributed by atoms with Crippen molar-refractivity contribution >= 4 is 43.6 Å². The topological polar surface area (TPSA) is 48.5 Å². The Bertz CT molecular complexity index is 3570. The van der Waals surface area contributed by atoms with E-state index in [0.717, 1.165) is 44.7 Å². The van der Waals surface area contributed by atoms with Gasteiger partial charge < -0.3 is 9.13 Å². The van der Waals surface area contributed by atoms with Crippen molar-refractivity contribution in [3.05, 3.63) is 224 Å². The number of nitrogens with zero attached hydrogens (tertiary/aromatic N) is 5. The fourth-order valence-electron chi connectivity index (χ4n) is 9.04. The molecule has 0 spiro atoms. The second-order valence-electron chi connectivity index (χ2n) is 15.6. The lowest BCUT2D eigenvalue weighted by atomic mass is 9.99. The highest BCUT2D eigenvalue weighted by molar-refractivity contribution is 6.26. The summed E-state index contributed by atoms with van der Waals surface area (Å²) in [6, 6.07) is 79.2. The van der Waals surface area contributed by atoms with Crippen LogP contribution >= 0.6 is 0 Å². The molecule has 0 amide bonds. The number of para-hydroxylation sites is 3. The molecule has 0 aliphatic heterocycles. The number of aromatic nitrogens is 5. The van der Waals surface area contributed by atoms with E-state index in [-0.39, 0.29) is 0 Å². The van der Waals surface area contributed by atoms with Gasteiger partial charge in [0.15, 0.2) is 17.5 Å². The molecule has 290 valence electrons. The summed E-state index contributed by atoms with van der Waals surface area (Å²) >= 11 is 0. The molecule has 62 heavy (non-hydrogen) atoms. The molecule has 0 aliphatic carbocycles. The summed E-state index contributed by atoms with van der Waals surface area (Å²) in [7, 11) is 0. The average molecular weight is 792 g/mol. The molecular weight excluding hydrogens is 755 g/mol. The van der Waals surface area contributed by atoms with Gasteiger partial charge in [-0.05, 0) is 76.9 Å². The Labute approximate surface area is 358 Å². The summed E-state index contributed by atoms with van der Waals surface area (Å²) in [5, 5.41) is 4.89. The van der Waals surface area contributed by atoms with Crippen molar-refractivity contribution in [2.24, 2.45) is 0 Å². The van der Waals surface area contributed by atoms with Crippen LogP contribution in [0.4, 0.5) is 0 Å². The zero-order chi connectivity index (χ0) is 41.0. The van der Waals surface area contributed by atoms with Crippen LogP contribution in [0.25, 0.3) is 111 Å². The minimum Gasteiger partial charge on any atom is -0.309 e. The molecule has 0 aliphatic rings. The number of fused-ring (bicyclic) bond motifs is 7. The predicted octanol–water partition coefficient (Wildman–Crippen LogP) is 14.4. The van der Waals surface area contributed by atoms with Gasteiger partial charge in [0.25, 0.3) is 0 Å². The van der Waals surface area contributed by atoms with E-state index in [9.17, 15) is 0 Å². The first-order chi connectivity index (χ1) is 30.7. The molecule has 0 unspecified atom stereocenters. The number of benzene rings is 9. The van der Waals surface area contributed by atoms with Crippen molar-refractivity contribution in [2.75, 3.05) is 0 Å². The Balaban J connectivity index is 0.964. The molecular formula is C57H37N5. The lowest BCUT2D eigenvalue weighted by molar-refractivity contribution is 1.07. The Kier molecular flexibility index (Phi) is 8.42. The zero-order valence-corrected chi connectivity index (χ0v) is 33.6. The van der Waals surface area contributed by atoms with E-state index < -0.39 is 0 Å². The zero-order valence-electron chi connectivity index (χ0n) is 33.6. The van der Waals surface area contributed by atoms with Crippen molar-refractivity contribution in [3.8, 4) is 67.8 Å². The molecule has 12 rings (SSSR count). The second kappa shape index (κ2) is 14.7. The maximum absolute atomic E-state index is 5.11. The van der Waals surface area contributed by atoms with Crippen molar-refractivity contribution < 1.29 is 0 Å². The molecule has 0 bridgehead atoms. The van der Waals surface area contributed by atoms with Crippen LogP contribution in [0.1, 0.15) is 0 Å². The Hall–Kier alpha value is -8.41. The third-order valence-electron chi connectivity index (χ3n) is 12.0. The van der Waals surface area contributed by atoms with Crippen LogP contribution in [0.2, 0.25) is 0 Å². The summed E-state index contributed by atoms with van der Waals surface area (Å²) in [6.07, 6.45) is 0. The first kappa shape index (κ1) is 35.5. The molecule has 0 saturated heterocycles. The fourth-order valence-corrected chi connectivity index (χ4v) is 9.04. The van der Waals surface area contributed by atoms with Crippen molar-refractivity contribution in [1.29, 1.82) is 0 Å². The van der Waals surface area contributed by atoms with E-state index in [1.807, 2.05) is 36.4 Å². The lowest BCUT2D eigenvalue weighted by Crippen LogP contribution is -2.00. The average Bonchev–Trinajstić information content (AvgIpc) is 3.88. The quantitative estimate of drug-likeness (QED) is 0.162. The summed E-state index contributed by atoms with van der Waals surface area (Å²) in [5.74, 6) is 1.88. The van der Waals surface area contributed by atoms with Gasteiger partial charge in [0.1, 0.15) is 0 Å². The van der Waals surface area contributed by atoms with Gasteiger partial charge in [-0.15, -0.1) is 0 Å². The Morgan fingerprint density at radius 2 is 0.629 bits per heavy atom. The largest absolute Gasteiger partial charge is 0.309 e. The minimum absolute atomic E-state index is 0.622. The predicted molar refractivity (Wildman–Crippen MR) is 256 cm³/mol. The highest BCUT2D eigenvalue weighted by atomic mass is 15.0. The van der Waals surface area contributed by atoms with Gasteiger partial charge in [0.05, 0.1) is 22.1 Å². The fraction of sp³-hybridized carbons (Fsp3) is 0. The smallest absolute Gasteiger partial charge is 0.164 e. The van der Waals surface area contributed by atoms with Gasteiger partial charge >= 0.3 is 0 Å². The molecule has 3 aromatic heterocycles. The third-order valence-corrected chi connectivity index (χ3v) is 12.0. The van der Waals surface area contributed by atoms with Crippen molar-refractivity contribution in [1.82, 2.24) is 24.1 Å². The standard InChI is InChI=1S/C57H37N5/c1-4-14-38(15-5-1)39-24-26-40(27-25-39)41-28-30-43(31-29-41)56-58-55(42-16-6-2-7-17-42)59-57(60-56)44-32-34-46(35-33-44)62-50-22-12-10-20-47(50)48-36-37-52-53(54(48)62)49-21-11-13-23-51(49)61(52)45-18-8-3-9-19-45/h1-37H. The van der Waals surface area contributed by atoms with Gasteiger partial charge in [0, 0.05) is 49.6 Å². The van der Waals surface area contributed by atoms with Crippen LogP contribution in [0, 0.1) is 0 Å². The van der Waals surface area contributed by atoms with E-state index in [2.05, 4.69) is 197 Å². The number of hydrogen-bond donors (Lipinski definition) is 0. The molecule has 0 atom stereocenters. The van der Waals surface area contributed by atoms with Crippen LogP contribution < -0.4 is 0 Å². The van der Waals surface area contributed by atoms with Crippen LogP contribution in [-0.2, 0) is 0 Å². The summed E-state index contributed by atoms with van der Waals surface area (Å²) in [5.41, 5.74) is 14.4. The monoisotopic (exact) mass is 791 g/mol. The van der Waals surface area contributed by atoms with Gasteiger partial charge in [-0.3, -0.25) is 0 Å². The van der Waals surface area contributed by atoms with E-state index in [4.69, 9.17) is 15.0 Å². The first-order valence-electron chi connectivity index (χ1n) is 20.9. The molecule has 0 fully saturated rings. The summed E-state index contributed by atoms with van der Waals surface area (Å²) in [4.78, 5) is 15.2. The van der Waals surface area contributed by atoms with Crippen molar-refractivity contribution in [2.45, 2.75) is 0 Å². The van der Waals surface area contributed by atoms with Gasteiger partial charge in [-0.25, -0.2) is 15.0 Å². The minimum atomic E-state index is 0.622. The molecule has 0 N–H and O–H groups in total. The molecule has 9 aromatic carbocycles. The van der Waals surface area contributed by atoms with E-state index in [1.54, 1.807) is 0 Å². The van der Waals surface area contributed by atoms with Gasteiger partial charge in [0.2, 0.25) is 0 Å². The molecule has 12 aromatic rings. The van der Waals surface area contributed by atoms with E-state index in [1.165, 1.54) is 49.2 Å². The highest BCUT2D eigenvalue weighted by Crippen LogP contribution is 2.42. The third kappa shape index (κ3) is 5.98. The molecule has 5 nitrogen and oxygen atoms in total. The maximum atomic E-state index is 5.11. The Morgan fingerprint density at radius 1 is 0.242 bits per heavy atom. The summed E-state index contributed by atoms with van der Waals surface area (Å²) < 4.78 is 4.80. The molecule has 5 heteroatoms. The highest BCUT2D eigenvalue weighted by Gasteiger charge is 2.21. The van der Waals surface area contributed by atoms with Crippen LogP contribution in [0.3, 0.4) is 0 Å². The second-order valence-corrected chi connectivity index (χ2v) is 15.6. The van der Waals surface area contributed by atoms with Crippen molar-refractivity contribution in [3.63, 3.8) is 0 Å². The van der Waals surface area contributed by atoms with Crippen LogP contribution in [0.5, 0.6) is 0 Å². The molecule has 0 radical (unpaired) electrons. The molecule has 3 heterocycles. The van der Waals surface area contributed by atoms with Crippen LogP contribution in [0.15, 0.2) is 224 Å². The SMILES string of the molecule is c1ccc(-c2ccc(-c3ccc(-c4nc(-c5ccccc5)nc(-c5ccc(-n6c7ccccc7c7ccc8c(c9ccccc9n8-c8ccccc8)c76)cc5)n4)cc3)cc2)cc1. The number of rotatable bonds is 7. The van der Waals surface area contributed by atoms with E-state index in [0.29, 0.717) is 17.5 Å². The van der Waals surface area contributed by atoms with Crippen LogP contribution in [-0.4, -0.2) is 24.1 Å². The Morgan fingerprint density at radius 3 is 1.19 bits per heavy atom. The maximum Gasteiger partial charge on any atom is 0.164 e.